The Morgan fingerprint density at radius 3 is 2.59 bits per heavy atom. The number of anilines is 2. The van der Waals surface area contributed by atoms with E-state index in [1.807, 2.05) is 24.3 Å². The Kier molecular flexibility index (Phi) is 5.76. The zero-order valence-corrected chi connectivity index (χ0v) is 17.0. The van der Waals surface area contributed by atoms with Gasteiger partial charge in [-0.05, 0) is 56.5 Å². The van der Waals surface area contributed by atoms with Crippen LogP contribution in [-0.4, -0.2) is 60.6 Å². The van der Waals surface area contributed by atoms with E-state index in [4.69, 9.17) is 0 Å². The third-order valence-corrected chi connectivity index (χ3v) is 6.37. The van der Waals surface area contributed by atoms with Gasteiger partial charge >= 0.3 is 0 Å². The summed E-state index contributed by atoms with van der Waals surface area (Å²) >= 11 is 0. The monoisotopic (exact) mass is 398 g/mol. The van der Waals surface area contributed by atoms with Crippen LogP contribution in [0, 0.1) is 5.92 Å². The number of likely N-dealkylation sites (tertiary alicyclic amines) is 1. The summed E-state index contributed by atoms with van der Waals surface area (Å²) in [5.41, 5.74) is 1.60. The van der Waals surface area contributed by atoms with Crippen molar-refractivity contribution in [1.29, 1.82) is 0 Å². The number of piperidine rings is 2. The Bertz CT molecular complexity index is 799. The van der Waals surface area contributed by atoms with E-state index in [9.17, 15) is 14.7 Å². The highest BCUT2D eigenvalue weighted by Crippen LogP contribution is 2.29. The molecule has 156 valence electrons. The van der Waals surface area contributed by atoms with Gasteiger partial charge in [0.2, 0.25) is 0 Å². The van der Waals surface area contributed by atoms with Gasteiger partial charge in [0.15, 0.2) is 0 Å². The smallest absolute Gasteiger partial charge is 0.264 e. The molecule has 3 N–H and O–H groups in total. The summed E-state index contributed by atoms with van der Waals surface area (Å²) in [5, 5.41) is 16.4. The third-order valence-electron chi connectivity index (χ3n) is 6.37. The lowest BCUT2D eigenvalue weighted by Crippen LogP contribution is -2.56. The van der Waals surface area contributed by atoms with Crippen molar-refractivity contribution in [3.05, 3.63) is 35.6 Å². The maximum Gasteiger partial charge on any atom is 0.264 e. The fourth-order valence-electron chi connectivity index (χ4n) is 4.62. The maximum absolute atomic E-state index is 12.8. The van der Waals surface area contributed by atoms with E-state index in [1.165, 1.54) is 19.3 Å². The van der Waals surface area contributed by atoms with Crippen LogP contribution in [0.5, 0.6) is 0 Å². The molecule has 0 aliphatic carbocycles. The van der Waals surface area contributed by atoms with E-state index in [2.05, 4.69) is 27.4 Å². The number of rotatable bonds is 4. The average Bonchev–Trinajstić information content (AvgIpc) is 2.75. The van der Waals surface area contributed by atoms with Gasteiger partial charge in [0, 0.05) is 43.6 Å². The summed E-state index contributed by atoms with van der Waals surface area (Å²) in [6, 6.07) is 7.58. The van der Waals surface area contributed by atoms with E-state index in [0.717, 1.165) is 38.3 Å². The zero-order valence-electron chi connectivity index (χ0n) is 17.0. The first kappa shape index (κ1) is 19.8. The molecular weight excluding hydrogens is 368 g/mol. The lowest BCUT2D eigenvalue weighted by molar-refractivity contribution is -0.124. The molecule has 2 atom stereocenters. The summed E-state index contributed by atoms with van der Waals surface area (Å²) in [6.45, 7) is 6.61. The molecule has 0 saturated carbocycles. The van der Waals surface area contributed by atoms with E-state index < -0.39 is 11.8 Å². The minimum absolute atomic E-state index is 0.0839. The number of hydrogen-bond acceptors (Lipinski definition) is 5. The van der Waals surface area contributed by atoms with Gasteiger partial charge in [0.1, 0.15) is 11.3 Å². The van der Waals surface area contributed by atoms with Crippen molar-refractivity contribution in [1.82, 2.24) is 10.2 Å². The standard InChI is InChI=1S/C22H30N4O3/c1-2-25-13-10-18-17(14-25)20(27)19(22(29)24-18)21(28)23-15-6-8-16(9-7-15)26-11-4-3-5-12-26/h6-9,17-18,27H,2-5,10-14H2,1H3,(H,23,28)(H,24,29). The molecular formula is C22H30N4O3. The van der Waals surface area contributed by atoms with Crippen LogP contribution in [0.15, 0.2) is 35.6 Å². The summed E-state index contributed by atoms with van der Waals surface area (Å²) in [6.07, 6.45) is 4.47. The highest BCUT2D eigenvalue weighted by Gasteiger charge is 2.41. The van der Waals surface area contributed by atoms with Crippen molar-refractivity contribution < 1.29 is 14.7 Å². The van der Waals surface area contributed by atoms with Crippen molar-refractivity contribution >= 4 is 23.2 Å². The molecule has 0 radical (unpaired) electrons. The van der Waals surface area contributed by atoms with Gasteiger partial charge in [-0.1, -0.05) is 6.92 Å². The first-order valence-corrected chi connectivity index (χ1v) is 10.7. The van der Waals surface area contributed by atoms with Crippen molar-refractivity contribution in [3.63, 3.8) is 0 Å². The number of hydrogen-bond donors (Lipinski definition) is 3. The number of amides is 2. The first-order valence-electron chi connectivity index (χ1n) is 10.7. The van der Waals surface area contributed by atoms with Crippen LogP contribution in [0.25, 0.3) is 0 Å². The van der Waals surface area contributed by atoms with Crippen molar-refractivity contribution in [3.8, 4) is 0 Å². The average molecular weight is 399 g/mol. The molecule has 0 aromatic heterocycles. The van der Waals surface area contributed by atoms with Crippen molar-refractivity contribution in [2.45, 2.75) is 38.6 Å². The fraction of sp³-hybridized carbons (Fsp3) is 0.545. The summed E-state index contributed by atoms with van der Waals surface area (Å²) in [7, 11) is 0. The molecule has 3 heterocycles. The number of carbonyl (C=O) groups is 2. The van der Waals surface area contributed by atoms with Crippen LogP contribution >= 0.6 is 0 Å². The topological polar surface area (TPSA) is 84.9 Å². The lowest BCUT2D eigenvalue weighted by atomic mass is 9.85. The Labute approximate surface area is 171 Å². The second-order valence-corrected chi connectivity index (χ2v) is 8.18. The molecule has 1 aromatic rings. The first-order chi connectivity index (χ1) is 14.1. The van der Waals surface area contributed by atoms with Crippen molar-refractivity contribution in [2.24, 2.45) is 5.92 Å². The van der Waals surface area contributed by atoms with Gasteiger partial charge in [-0.15, -0.1) is 0 Å². The number of benzene rings is 1. The molecule has 2 saturated heterocycles. The number of aliphatic hydroxyl groups excluding tert-OH is 1. The highest BCUT2D eigenvalue weighted by atomic mass is 16.3. The molecule has 3 aliphatic heterocycles. The largest absolute Gasteiger partial charge is 0.511 e. The van der Waals surface area contributed by atoms with Crippen LogP contribution < -0.4 is 15.5 Å². The molecule has 29 heavy (non-hydrogen) atoms. The molecule has 0 spiro atoms. The second kappa shape index (κ2) is 8.45. The minimum Gasteiger partial charge on any atom is -0.511 e. The van der Waals surface area contributed by atoms with Crippen LogP contribution in [-0.2, 0) is 9.59 Å². The van der Waals surface area contributed by atoms with Gasteiger partial charge in [-0.2, -0.15) is 0 Å². The molecule has 1 aromatic carbocycles. The Morgan fingerprint density at radius 2 is 1.90 bits per heavy atom. The quantitative estimate of drug-likeness (QED) is 0.678. The number of fused-ring (bicyclic) bond motifs is 1. The lowest BCUT2D eigenvalue weighted by Gasteiger charge is -2.40. The summed E-state index contributed by atoms with van der Waals surface area (Å²) < 4.78 is 0. The van der Waals surface area contributed by atoms with E-state index in [-0.39, 0.29) is 23.3 Å². The Balaban J connectivity index is 1.47. The molecule has 4 rings (SSSR count). The Morgan fingerprint density at radius 1 is 1.17 bits per heavy atom. The zero-order chi connectivity index (χ0) is 20.4. The molecule has 2 amide bonds. The normalized spacial score (nSPS) is 25.4. The molecule has 2 fully saturated rings. The van der Waals surface area contributed by atoms with Gasteiger partial charge in [-0.3, -0.25) is 9.59 Å². The molecule has 3 aliphatic rings. The van der Waals surface area contributed by atoms with E-state index >= 15 is 0 Å². The van der Waals surface area contributed by atoms with E-state index in [1.54, 1.807) is 0 Å². The van der Waals surface area contributed by atoms with Crippen LogP contribution in [0.2, 0.25) is 0 Å². The van der Waals surface area contributed by atoms with Gasteiger partial charge in [-0.25, -0.2) is 0 Å². The van der Waals surface area contributed by atoms with Crippen LogP contribution in [0.3, 0.4) is 0 Å². The van der Waals surface area contributed by atoms with Gasteiger partial charge < -0.3 is 25.5 Å². The highest BCUT2D eigenvalue weighted by molar-refractivity contribution is 6.23. The van der Waals surface area contributed by atoms with Gasteiger partial charge in [0.05, 0.1) is 5.92 Å². The summed E-state index contributed by atoms with van der Waals surface area (Å²) in [4.78, 5) is 29.9. The molecule has 2 unspecified atom stereocenters. The minimum atomic E-state index is -0.558. The summed E-state index contributed by atoms with van der Waals surface area (Å²) in [5.74, 6) is -1.36. The van der Waals surface area contributed by atoms with Crippen LogP contribution in [0.4, 0.5) is 11.4 Å². The maximum atomic E-state index is 12.8. The van der Waals surface area contributed by atoms with Crippen LogP contribution in [0.1, 0.15) is 32.6 Å². The van der Waals surface area contributed by atoms with Gasteiger partial charge in [0.25, 0.3) is 11.8 Å². The molecule has 7 heteroatoms. The SMILES string of the molecule is CCN1CCC2NC(=O)C(C(=O)Nc3ccc(N4CCCCC4)cc3)=C(O)C2C1. The van der Waals surface area contributed by atoms with Crippen molar-refractivity contribution in [2.75, 3.05) is 42.9 Å². The number of nitrogens with one attached hydrogen (secondary N) is 2. The van der Waals surface area contributed by atoms with E-state index in [0.29, 0.717) is 12.2 Å². The fourth-order valence-corrected chi connectivity index (χ4v) is 4.62. The Hall–Kier alpha value is -2.54. The second-order valence-electron chi connectivity index (χ2n) is 8.18. The molecule has 0 bridgehead atoms. The molecule has 7 nitrogen and oxygen atoms in total. The third kappa shape index (κ3) is 4.10. The number of aliphatic hydroxyl groups is 1. The predicted octanol–water partition coefficient (Wildman–Crippen LogP) is 2.27. The number of nitrogens with zero attached hydrogens (tertiary/aromatic N) is 2. The number of carbonyl (C=O) groups excluding carboxylic acids is 2. The predicted molar refractivity (Wildman–Crippen MR) is 113 cm³/mol.